The molecule has 0 saturated heterocycles. The molecule has 0 aliphatic carbocycles. The van der Waals surface area contributed by atoms with Crippen LogP contribution in [0.1, 0.15) is 20.8 Å². The molecule has 0 saturated carbocycles. The average Bonchev–Trinajstić information content (AvgIpc) is 1.98. The third-order valence-corrected chi connectivity index (χ3v) is 1.87. The molecule has 0 heterocycles. The van der Waals surface area contributed by atoms with Crippen LogP contribution in [0.15, 0.2) is 0 Å². The molecule has 92 valence electrons. The van der Waals surface area contributed by atoms with Crippen molar-refractivity contribution in [1.29, 1.82) is 0 Å². The second-order valence-electron chi connectivity index (χ2n) is 4.33. The van der Waals surface area contributed by atoms with Crippen molar-refractivity contribution in [2.75, 3.05) is 13.1 Å². The number of nitrogens with two attached hydrogens (primary N) is 1. The van der Waals surface area contributed by atoms with Crippen LogP contribution in [0.25, 0.3) is 0 Å². The van der Waals surface area contributed by atoms with Gasteiger partial charge in [-0.1, -0.05) is 0 Å². The molecular weight excluding hydrogens is 214 g/mol. The lowest BCUT2D eigenvalue weighted by Crippen LogP contribution is -2.50. The van der Waals surface area contributed by atoms with Gasteiger partial charge in [-0.2, -0.15) is 0 Å². The van der Waals surface area contributed by atoms with Crippen molar-refractivity contribution < 1.29 is 19.5 Å². The molecule has 7 nitrogen and oxygen atoms in total. The van der Waals surface area contributed by atoms with Crippen molar-refractivity contribution in [1.82, 2.24) is 10.2 Å². The van der Waals surface area contributed by atoms with E-state index in [2.05, 4.69) is 0 Å². The Bertz CT molecular complexity index is 296. The zero-order chi connectivity index (χ0) is 12.9. The first-order valence-electron chi connectivity index (χ1n) is 4.69. The maximum atomic E-state index is 11.2. The molecule has 0 radical (unpaired) electrons. The summed E-state index contributed by atoms with van der Waals surface area (Å²) in [7, 11) is 0. The number of amides is 3. The molecule has 4 N–H and O–H groups in total. The normalized spacial score (nSPS) is 11.2. The molecule has 0 aromatic rings. The Labute approximate surface area is 93.6 Å². The fourth-order valence-electron chi connectivity index (χ4n) is 1.04. The van der Waals surface area contributed by atoms with Gasteiger partial charge < -0.3 is 10.8 Å². The molecule has 0 bridgehead atoms. The fraction of sp³-hybridized carbons (Fsp3) is 0.667. The van der Waals surface area contributed by atoms with E-state index in [0.717, 1.165) is 0 Å². The van der Waals surface area contributed by atoms with Crippen molar-refractivity contribution in [3.8, 4) is 0 Å². The van der Waals surface area contributed by atoms with E-state index in [1.807, 2.05) is 5.32 Å². The molecule has 0 aromatic carbocycles. The predicted molar refractivity (Wildman–Crippen MR) is 56.7 cm³/mol. The zero-order valence-corrected chi connectivity index (χ0v) is 9.61. The van der Waals surface area contributed by atoms with Gasteiger partial charge in [-0.05, 0) is 20.8 Å². The molecule has 0 rings (SSSR count). The Kier molecular flexibility index (Phi) is 4.90. The third-order valence-electron chi connectivity index (χ3n) is 1.87. The Hall–Kier alpha value is -1.63. The van der Waals surface area contributed by atoms with E-state index >= 15 is 0 Å². The number of nitrogens with one attached hydrogen (secondary N) is 1. The SMILES string of the molecule is CC(C)(C)N(CC(=O)O)CC(=O)NC(N)=O. The van der Waals surface area contributed by atoms with Gasteiger partial charge in [-0.15, -0.1) is 0 Å². The maximum Gasteiger partial charge on any atom is 0.318 e. The number of carboxylic acid groups (broad SMARTS) is 1. The zero-order valence-electron chi connectivity index (χ0n) is 9.61. The van der Waals surface area contributed by atoms with Crippen LogP contribution in [-0.4, -0.2) is 46.5 Å². The molecule has 3 amide bonds. The minimum absolute atomic E-state index is 0.196. The third kappa shape index (κ3) is 5.97. The number of urea groups is 1. The molecular formula is C9H17N3O4. The molecule has 7 heteroatoms. The highest BCUT2D eigenvalue weighted by molar-refractivity contribution is 5.94. The summed E-state index contributed by atoms with van der Waals surface area (Å²) in [6.07, 6.45) is 0. The molecule has 16 heavy (non-hydrogen) atoms. The van der Waals surface area contributed by atoms with Gasteiger partial charge in [-0.25, -0.2) is 4.79 Å². The van der Waals surface area contributed by atoms with E-state index in [0.29, 0.717) is 0 Å². The van der Waals surface area contributed by atoms with Gasteiger partial charge >= 0.3 is 12.0 Å². The van der Waals surface area contributed by atoms with Crippen molar-refractivity contribution in [3.05, 3.63) is 0 Å². The van der Waals surface area contributed by atoms with Crippen LogP contribution in [-0.2, 0) is 9.59 Å². The van der Waals surface area contributed by atoms with Crippen LogP contribution in [0.3, 0.4) is 0 Å². The van der Waals surface area contributed by atoms with Crippen LogP contribution in [0.4, 0.5) is 4.79 Å². The first-order chi connectivity index (χ1) is 7.12. The number of hydrogen-bond acceptors (Lipinski definition) is 4. The summed E-state index contributed by atoms with van der Waals surface area (Å²) in [6, 6.07) is -0.950. The van der Waals surface area contributed by atoms with E-state index in [1.165, 1.54) is 4.90 Å². The number of rotatable bonds is 4. The average molecular weight is 231 g/mol. The Morgan fingerprint density at radius 3 is 2.06 bits per heavy atom. The highest BCUT2D eigenvalue weighted by Crippen LogP contribution is 2.11. The van der Waals surface area contributed by atoms with Crippen LogP contribution in [0.2, 0.25) is 0 Å². The van der Waals surface area contributed by atoms with Gasteiger partial charge in [-0.3, -0.25) is 19.8 Å². The van der Waals surface area contributed by atoms with E-state index < -0.39 is 23.4 Å². The van der Waals surface area contributed by atoms with E-state index in [-0.39, 0.29) is 13.1 Å². The molecule has 0 aliphatic rings. The topological polar surface area (TPSA) is 113 Å². The number of carbonyl (C=O) groups excluding carboxylic acids is 2. The van der Waals surface area contributed by atoms with E-state index in [9.17, 15) is 14.4 Å². The molecule has 0 atom stereocenters. The predicted octanol–water partition coefficient (Wildman–Crippen LogP) is -0.634. The summed E-state index contributed by atoms with van der Waals surface area (Å²) in [5, 5.41) is 10.6. The second-order valence-corrected chi connectivity index (χ2v) is 4.33. The smallest absolute Gasteiger partial charge is 0.318 e. The number of carbonyl (C=O) groups is 3. The Balaban J connectivity index is 4.49. The molecule has 0 aromatic heterocycles. The van der Waals surface area contributed by atoms with Crippen molar-refractivity contribution in [2.45, 2.75) is 26.3 Å². The highest BCUT2D eigenvalue weighted by Gasteiger charge is 2.25. The summed E-state index contributed by atoms with van der Waals surface area (Å²) in [5.41, 5.74) is 4.28. The Morgan fingerprint density at radius 2 is 1.75 bits per heavy atom. The summed E-state index contributed by atoms with van der Waals surface area (Å²) < 4.78 is 0. The number of primary amides is 1. The summed E-state index contributed by atoms with van der Waals surface area (Å²) in [4.78, 5) is 33.7. The molecule has 0 unspecified atom stereocenters. The van der Waals surface area contributed by atoms with Crippen LogP contribution >= 0.6 is 0 Å². The van der Waals surface area contributed by atoms with Crippen molar-refractivity contribution in [3.63, 3.8) is 0 Å². The monoisotopic (exact) mass is 231 g/mol. The number of imide groups is 1. The lowest BCUT2D eigenvalue weighted by molar-refractivity contribution is -0.140. The number of nitrogens with zero attached hydrogens (tertiary/aromatic N) is 1. The van der Waals surface area contributed by atoms with Crippen LogP contribution in [0.5, 0.6) is 0 Å². The van der Waals surface area contributed by atoms with E-state index in [4.69, 9.17) is 10.8 Å². The Morgan fingerprint density at radius 1 is 1.25 bits per heavy atom. The first-order valence-corrected chi connectivity index (χ1v) is 4.69. The van der Waals surface area contributed by atoms with Gasteiger partial charge in [0.2, 0.25) is 5.91 Å². The van der Waals surface area contributed by atoms with Crippen LogP contribution < -0.4 is 11.1 Å². The second kappa shape index (κ2) is 5.45. The lowest BCUT2D eigenvalue weighted by atomic mass is 10.1. The maximum absolute atomic E-state index is 11.2. The standard InChI is InChI=1S/C9H17N3O4/c1-9(2,3)12(5-7(14)15)4-6(13)11-8(10)16/h4-5H2,1-3H3,(H,14,15)(H3,10,11,13,16). The number of hydrogen-bond donors (Lipinski definition) is 3. The minimum Gasteiger partial charge on any atom is -0.480 e. The van der Waals surface area contributed by atoms with Gasteiger partial charge in [0.1, 0.15) is 0 Å². The van der Waals surface area contributed by atoms with Gasteiger partial charge in [0.05, 0.1) is 13.1 Å². The van der Waals surface area contributed by atoms with Crippen molar-refractivity contribution >= 4 is 17.9 Å². The lowest BCUT2D eigenvalue weighted by Gasteiger charge is -2.33. The summed E-state index contributed by atoms with van der Waals surface area (Å²) in [5.74, 6) is -1.66. The highest BCUT2D eigenvalue weighted by atomic mass is 16.4. The largest absolute Gasteiger partial charge is 0.480 e. The first kappa shape index (κ1) is 14.4. The van der Waals surface area contributed by atoms with Gasteiger partial charge in [0.25, 0.3) is 0 Å². The quantitative estimate of drug-likeness (QED) is 0.596. The van der Waals surface area contributed by atoms with Crippen LogP contribution in [0, 0.1) is 0 Å². The fourth-order valence-corrected chi connectivity index (χ4v) is 1.04. The molecule has 0 spiro atoms. The molecule has 0 fully saturated rings. The number of carboxylic acids is 1. The van der Waals surface area contributed by atoms with Gasteiger partial charge in [0, 0.05) is 5.54 Å². The minimum atomic E-state index is -1.04. The molecule has 0 aliphatic heterocycles. The van der Waals surface area contributed by atoms with E-state index in [1.54, 1.807) is 20.8 Å². The van der Waals surface area contributed by atoms with Gasteiger partial charge in [0.15, 0.2) is 0 Å². The van der Waals surface area contributed by atoms with Crippen molar-refractivity contribution in [2.24, 2.45) is 5.73 Å². The summed E-state index contributed by atoms with van der Waals surface area (Å²) >= 11 is 0. The summed E-state index contributed by atoms with van der Waals surface area (Å²) in [6.45, 7) is 4.84. The number of aliphatic carboxylic acids is 1.